The van der Waals surface area contributed by atoms with Gasteiger partial charge in [0.05, 0.1) is 12.7 Å². The third-order valence-electron chi connectivity index (χ3n) is 4.43. The van der Waals surface area contributed by atoms with Gasteiger partial charge in [0.25, 0.3) is 0 Å². The standard InChI is InChI=1S/C17H27N3O3/c1-12-8-18-15(22-12)11-19-9-13-6-5-7-14(10-19)20(13)16(21)23-17(2,3)4/h8,13-14H,5-7,9-11H2,1-4H3/t13-,14+. The normalized spacial score (nSPS) is 25.5. The van der Waals surface area contributed by atoms with Crippen molar-refractivity contribution in [1.29, 1.82) is 0 Å². The molecule has 0 radical (unpaired) electrons. The van der Waals surface area contributed by atoms with Crippen molar-refractivity contribution >= 4 is 6.09 Å². The summed E-state index contributed by atoms with van der Waals surface area (Å²) in [5.41, 5.74) is -0.446. The van der Waals surface area contributed by atoms with Crippen LogP contribution < -0.4 is 0 Å². The van der Waals surface area contributed by atoms with E-state index in [1.54, 1.807) is 6.20 Å². The van der Waals surface area contributed by atoms with Crippen LogP contribution in [-0.4, -0.2) is 51.7 Å². The number of hydrogen-bond donors (Lipinski definition) is 0. The number of piperidine rings is 1. The molecule has 0 spiro atoms. The highest BCUT2D eigenvalue weighted by Crippen LogP contribution is 2.31. The molecule has 1 aromatic heterocycles. The number of nitrogens with zero attached hydrogens (tertiary/aromatic N) is 3. The van der Waals surface area contributed by atoms with Crippen molar-refractivity contribution in [2.45, 2.75) is 71.2 Å². The van der Waals surface area contributed by atoms with E-state index in [-0.39, 0.29) is 18.2 Å². The summed E-state index contributed by atoms with van der Waals surface area (Å²) in [7, 11) is 0. The van der Waals surface area contributed by atoms with Crippen molar-refractivity contribution < 1.29 is 13.9 Å². The van der Waals surface area contributed by atoms with Crippen LogP contribution in [0.5, 0.6) is 0 Å². The van der Waals surface area contributed by atoms with E-state index in [2.05, 4.69) is 9.88 Å². The lowest BCUT2D eigenvalue weighted by Crippen LogP contribution is -2.62. The second-order valence-electron chi connectivity index (χ2n) is 7.68. The molecule has 2 aliphatic rings. The van der Waals surface area contributed by atoms with E-state index in [9.17, 15) is 4.79 Å². The largest absolute Gasteiger partial charge is 0.445 e. The van der Waals surface area contributed by atoms with Crippen molar-refractivity contribution in [3.05, 3.63) is 17.8 Å². The first kappa shape index (κ1) is 16.3. The van der Waals surface area contributed by atoms with Gasteiger partial charge in [-0.15, -0.1) is 0 Å². The van der Waals surface area contributed by atoms with E-state index in [0.29, 0.717) is 6.54 Å². The van der Waals surface area contributed by atoms with Gasteiger partial charge in [-0.2, -0.15) is 0 Å². The van der Waals surface area contributed by atoms with E-state index >= 15 is 0 Å². The molecule has 6 heteroatoms. The summed E-state index contributed by atoms with van der Waals surface area (Å²) in [5, 5.41) is 0. The second-order valence-corrected chi connectivity index (χ2v) is 7.68. The molecule has 0 N–H and O–H groups in total. The molecule has 2 saturated heterocycles. The number of aromatic nitrogens is 1. The maximum Gasteiger partial charge on any atom is 0.410 e. The van der Waals surface area contributed by atoms with Crippen LogP contribution in [0.4, 0.5) is 4.79 Å². The lowest BCUT2D eigenvalue weighted by molar-refractivity contribution is -0.0402. The first-order valence-electron chi connectivity index (χ1n) is 8.47. The van der Waals surface area contributed by atoms with Gasteiger partial charge in [-0.1, -0.05) is 0 Å². The molecule has 2 atom stereocenters. The van der Waals surface area contributed by atoms with Crippen LogP contribution in [0.15, 0.2) is 10.6 Å². The Morgan fingerprint density at radius 3 is 2.52 bits per heavy atom. The number of aryl methyl sites for hydroxylation is 1. The fourth-order valence-corrected chi connectivity index (χ4v) is 3.60. The average molecular weight is 321 g/mol. The minimum absolute atomic E-state index is 0.168. The van der Waals surface area contributed by atoms with Gasteiger partial charge in [-0.05, 0) is 47.0 Å². The van der Waals surface area contributed by atoms with Gasteiger partial charge in [-0.25, -0.2) is 9.78 Å². The molecule has 128 valence electrons. The van der Waals surface area contributed by atoms with Crippen molar-refractivity contribution in [3.63, 3.8) is 0 Å². The smallest absolute Gasteiger partial charge is 0.410 e. The van der Waals surface area contributed by atoms with Gasteiger partial charge >= 0.3 is 6.09 Å². The third-order valence-corrected chi connectivity index (χ3v) is 4.43. The molecular formula is C17H27N3O3. The Hall–Kier alpha value is -1.56. The summed E-state index contributed by atoms with van der Waals surface area (Å²) in [6, 6.07) is 0.460. The lowest BCUT2D eigenvalue weighted by Gasteiger charge is -2.49. The molecule has 0 aliphatic carbocycles. The number of likely N-dealkylation sites (tertiary alicyclic amines) is 1. The molecule has 1 amide bonds. The van der Waals surface area contributed by atoms with Crippen molar-refractivity contribution in [3.8, 4) is 0 Å². The zero-order chi connectivity index (χ0) is 16.6. The van der Waals surface area contributed by atoms with Gasteiger partial charge < -0.3 is 9.15 Å². The maximum absolute atomic E-state index is 12.5. The molecule has 0 aromatic carbocycles. The Morgan fingerprint density at radius 1 is 1.35 bits per heavy atom. The number of fused-ring (bicyclic) bond motifs is 2. The molecule has 6 nitrogen and oxygen atoms in total. The van der Waals surface area contributed by atoms with Crippen LogP contribution in [0.2, 0.25) is 0 Å². The maximum atomic E-state index is 12.5. The summed E-state index contributed by atoms with van der Waals surface area (Å²) < 4.78 is 11.2. The zero-order valence-electron chi connectivity index (χ0n) is 14.5. The second kappa shape index (κ2) is 6.15. The molecule has 2 bridgehead atoms. The van der Waals surface area contributed by atoms with Gasteiger partial charge in [0.1, 0.15) is 11.4 Å². The van der Waals surface area contributed by atoms with Crippen molar-refractivity contribution in [2.75, 3.05) is 13.1 Å². The number of carbonyl (C=O) groups is 1. The molecule has 0 unspecified atom stereocenters. The zero-order valence-corrected chi connectivity index (χ0v) is 14.5. The number of piperazine rings is 1. The predicted octanol–water partition coefficient (Wildman–Crippen LogP) is 2.96. The Kier molecular flexibility index (Phi) is 4.36. The molecule has 1 aromatic rings. The number of amides is 1. The summed E-state index contributed by atoms with van der Waals surface area (Å²) in [6.45, 7) is 10.1. The Balaban J connectivity index is 1.67. The molecular weight excluding hydrogens is 294 g/mol. The van der Waals surface area contributed by atoms with Crippen LogP contribution in [0.25, 0.3) is 0 Å². The summed E-state index contributed by atoms with van der Waals surface area (Å²) >= 11 is 0. The molecule has 3 rings (SSSR count). The molecule has 3 heterocycles. The molecule has 0 saturated carbocycles. The molecule has 2 aliphatic heterocycles. The Bertz CT molecular complexity index is 550. The summed E-state index contributed by atoms with van der Waals surface area (Å²) in [6.07, 6.45) is 4.85. The van der Waals surface area contributed by atoms with Gasteiger partial charge in [0.2, 0.25) is 5.89 Å². The van der Waals surface area contributed by atoms with E-state index in [1.165, 1.54) is 6.42 Å². The third kappa shape index (κ3) is 3.86. The van der Waals surface area contributed by atoms with Crippen LogP contribution in [0.3, 0.4) is 0 Å². The topological polar surface area (TPSA) is 58.8 Å². The highest BCUT2D eigenvalue weighted by Gasteiger charge is 2.42. The number of ether oxygens (including phenoxy) is 1. The first-order valence-corrected chi connectivity index (χ1v) is 8.47. The van der Waals surface area contributed by atoms with Gasteiger partial charge in [0, 0.05) is 25.2 Å². The van der Waals surface area contributed by atoms with Crippen LogP contribution in [0.1, 0.15) is 51.7 Å². The van der Waals surface area contributed by atoms with E-state index in [4.69, 9.17) is 9.15 Å². The number of rotatable bonds is 2. The molecule has 23 heavy (non-hydrogen) atoms. The molecule has 2 fully saturated rings. The quantitative estimate of drug-likeness (QED) is 0.838. The van der Waals surface area contributed by atoms with Crippen LogP contribution in [0, 0.1) is 6.92 Å². The van der Waals surface area contributed by atoms with Gasteiger partial charge in [0.15, 0.2) is 0 Å². The minimum Gasteiger partial charge on any atom is -0.445 e. The predicted molar refractivity (Wildman–Crippen MR) is 86.0 cm³/mol. The highest BCUT2D eigenvalue weighted by atomic mass is 16.6. The number of carbonyl (C=O) groups excluding carboxylic acids is 1. The first-order chi connectivity index (χ1) is 10.8. The van der Waals surface area contributed by atoms with Crippen LogP contribution in [-0.2, 0) is 11.3 Å². The van der Waals surface area contributed by atoms with Gasteiger partial charge in [-0.3, -0.25) is 9.80 Å². The van der Waals surface area contributed by atoms with Crippen molar-refractivity contribution in [2.24, 2.45) is 0 Å². The number of oxazole rings is 1. The van der Waals surface area contributed by atoms with Crippen molar-refractivity contribution in [1.82, 2.24) is 14.8 Å². The Morgan fingerprint density at radius 2 is 2.00 bits per heavy atom. The monoisotopic (exact) mass is 321 g/mol. The van der Waals surface area contributed by atoms with E-state index < -0.39 is 5.60 Å². The van der Waals surface area contributed by atoms with Crippen LogP contribution >= 0.6 is 0 Å². The minimum atomic E-state index is -0.446. The number of hydrogen-bond acceptors (Lipinski definition) is 5. The Labute approximate surface area is 137 Å². The summed E-state index contributed by atoms with van der Waals surface area (Å²) in [5.74, 6) is 1.60. The SMILES string of the molecule is Cc1cnc(CN2C[C@H]3CCC[C@@H](C2)N3C(=O)OC(C)(C)C)o1. The van der Waals surface area contributed by atoms with E-state index in [1.807, 2.05) is 32.6 Å². The summed E-state index contributed by atoms with van der Waals surface area (Å²) in [4.78, 5) is 21.2. The fraction of sp³-hybridized carbons (Fsp3) is 0.765. The lowest BCUT2D eigenvalue weighted by atomic mass is 9.91. The highest BCUT2D eigenvalue weighted by molar-refractivity contribution is 5.69. The average Bonchev–Trinajstić information content (AvgIpc) is 2.81. The van der Waals surface area contributed by atoms with E-state index in [0.717, 1.165) is 37.6 Å². The fourth-order valence-electron chi connectivity index (χ4n) is 3.60.